The summed E-state index contributed by atoms with van der Waals surface area (Å²) < 4.78 is 8.04. The van der Waals surface area contributed by atoms with E-state index in [0.717, 1.165) is 12.0 Å². The van der Waals surface area contributed by atoms with E-state index in [1.165, 1.54) is 10.2 Å². The summed E-state index contributed by atoms with van der Waals surface area (Å²) in [6.07, 6.45) is 0.969. The number of aryl methyl sites for hydroxylation is 2. The van der Waals surface area contributed by atoms with Crippen molar-refractivity contribution in [1.82, 2.24) is 24.3 Å². The minimum absolute atomic E-state index is 0.0815. The third-order valence-electron chi connectivity index (χ3n) is 5.04. The number of ether oxygens (including phenoxy) is 1. The third kappa shape index (κ3) is 3.43. The van der Waals surface area contributed by atoms with Crippen LogP contribution in [0.1, 0.15) is 18.3 Å². The maximum atomic E-state index is 12.9. The lowest BCUT2D eigenvalue weighted by Crippen LogP contribution is -2.44. The largest absolute Gasteiger partial charge is 0.378 e. The van der Waals surface area contributed by atoms with Crippen molar-refractivity contribution in [2.75, 3.05) is 26.3 Å². The van der Waals surface area contributed by atoms with Gasteiger partial charge in [0.05, 0.1) is 18.9 Å². The maximum absolute atomic E-state index is 12.9. The standard InChI is InChI=1S/C20H23N5O3/c1-3-15-4-6-16(7-5-15)17-12-18-20(27)24(21-14(2)25(18)22-17)13-19(26)23-8-10-28-11-9-23/h4-7,12H,3,8-11,13H2,1-2H3. The zero-order valence-electron chi connectivity index (χ0n) is 16.1. The van der Waals surface area contributed by atoms with Gasteiger partial charge in [-0.3, -0.25) is 9.59 Å². The van der Waals surface area contributed by atoms with Crippen molar-refractivity contribution in [3.05, 3.63) is 52.1 Å². The summed E-state index contributed by atoms with van der Waals surface area (Å²) in [5.74, 6) is 0.428. The molecule has 1 amide bonds. The molecule has 0 radical (unpaired) electrons. The molecule has 2 aromatic heterocycles. The second-order valence-corrected chi connectivity index (χ2v) is 6.88. The van der Waals surface area contributed by atoms with Gasteiger partial charge < -0.3 is 9.64 Å². The first-order valence-electron chi connectivity index (χ1n) is 9.49. The molecule has 1 aromatic carbocycles. The van der Waals surface area contributed by atoms with E-state index >= 15 is 0 Å². The number of hydrogen-bond acceptors (Lipinski definition) is 5. The van der Waals surface area contributed by atoms with Crippen molar-refractivity contribution in [2.24, 2.45) is 0 Å². The molecule has 3 aromatic rings. The average Bonchev–Trinajstić information content (AvgIpc) is 3.19. The van der Waals surface area contributed by atoms with E-state index in [2.05, 4.69) is 29.3 Å². The zero-order chi connectivity index (χ0) is 19.7. The van der Waals surface area contributed by atoms with Crippen LogP contribution in [0.5, 0.6) is 0 Å². The van der Waals surface area contributed by atoms with Crippen LogP contribution in [0.4, 0.5) is 0 Å². The number of carbonyl (C=O) groups is 1. The van der Waals surface area contributed by atoms with Gasteiger partial charge in [0.2, 0.25) is 5.91 Å². The highest BCUT2D eigenvalue weighted by Gasteiger charge is 2.20. The van der Waals surface area contributed by atoms with Gasteiger partial charge >= 0.3 is 0 Å². The average molecular weight is 381 g/mol. The molecule has 0 bridgehead atoms. The second kappa shape index (κ2) is 7.55. The van der Waals surface area contributed by atoms with E-state index < -0.39 is 0 Å². The molecule has 0 aliphatic carbocycles. The van der Waals surface area contributed by atoms with Gasteiger partial charge in [-0.15, -0.1) is 0 Å². The van der Waals surface area contributed by atoms with E-state index in [9.17, 15) is 9.59 Å². The molecule has 28 heavy (non-hydrogen) atoms. The fraction of sp³-hybridized carbons (Fsp3) is 0.400. The highest BCUT2D eigenvalue weighted by molar-refractivity contribution is 5.76. The Kier molecular flexibility index (Phi) is 4.95. The van der Waals surface area contributed by atoms with Gasteiger partial charge in [0.25, 0.3) is 5.56 Å². The summed E-state index contributed by atoms with van der Waals surface area (Å²) >= 11 is 0. The van der Waals surface area contributed by atoms with E-state index in [1.807, 2.05) is 12.1 Å². The van der Waals surface area contributed by atoms with Crippen LogP contribution in [-0.2, 0) is 22.5 Å². The topological polar surface area (TPSA) is 81.7 Å². The lowest BCUT2D eigenvalue weighted by Gasteiger charge is -2.26. The smallest absolute Gasteiger partial charge is 0.293 e. The molecule has 1 aliphatic rings. The van der Waals surface area contributed by atoms with Crippen LogP contribution in [-0.4, -0.2) is 56.5 Å². The monoisotopic (exact) mass is 381 g/mol. The first-order chi connectivity index (χ1) is 13.6. The number of amides is 1. The quantitative estimate of drug-likeness (QED) is 0.680. The lowest BCUT2D eigenvalue weighted by molar-refractivity contribution is -0.136. The Morgan fingerprint density at radius 3 is 2.54 bits per heavy atom. The summed E-state index contributed by atoms with van der Waals surface area (Å²) in [7, 11) is 0. The van der Waals surface area contributed by atoms with Gasteiger partial charge in [-0.05, 0) is 25.0 Å². The highest BCUT2D eigenvalue weighted by atomic mass is 16.5. The van der Waals surface area contributed by atoms with Crippen molar-refractivity contribution in [3.63, 3.8) is 0 Å². The number of aromatic nitrogens is 4. The van der Waals surface area contributed by atoms with Gasteiger partial charge in [-0.25, -0.2) is 9.20 Å². The Morgan fingerprint density at radius 1 is 1.14 bits per heavy atom. The number of rotatable bonds is 4. The number of benzene rings is 1. The highest BCUT2D eigenvalue weighted by Crippen LogP contribution is 2.19. The van der Waals surface area contributed by atoms with Crippen LogP contribution in [0.3, 0.4) is 0 Å². The molecule has 0 N–H and O–H groups in total. The van der Waals surface area contributed by atoms with Crippen molar-refractivity contribution >= 4 is 11.4 Å². The molecule has 146 valence electrons. The van der Waals surface area contributed by atoms with Crippen molar-refractivity contribution in [1.29, 1.82) is 0 Å². The minimum Gasteiger partial charge on any atom is -0.378 e. The van der Waals surface area contributed by atoms with Gasteiger partial charge in [-0.2, -0.15) is 10.2 Å². The Morgan fingerprint density at radius 2 is 1.86 bits per heavy atom. The van der Waals surface area contributed by atoms with E-state index in [-0.39, 0.29) is 18.0 Å². The molecule has 0 saturated carbocycles. The third-order valence-corrected chi connectivity index (χ3v) is 5.04. The molecular weight excluding hydrogens is 358 g/mol. The number of hydrogen-bond donors (Lipinski definition) is 0. The fourth-order valence-electron chi connectivity index (χ4n) is 3.38. The van der Waals surface area contributed by atoms with Gasteiger partial charge in [-0.1, -0.05) is 31.2 Å². The van der Waals surface area contributed by atoms with E-state index in [4.69, 9.17) is 4.74 Å². The maximum Gasteiger partial charge on any atom is 0.293 e. The Hall–Kier alpha value is -3.00. The van der Waals surface area contributed by atoms with Gasteiger partial charge in [0.15, 0.2) is 0 Å². The second-order valence-electron chi connectivity index (χ2n) is 6.88. The molecule has 0 atom stereocenters. The van der Waals surface area contributed by atoms with Gasteiger partial charge in [0.1, 0.15) is 17.9 Å². The summed E-state index contributed by atoms with van der Waals surface area (Å²) in [6, 6.07) is 9.88. The van der Waals surface area contributed by atoms with Crippen LogP contribution in [0.2, 0.25) is 0 Å². The van der Waals surface area contributed by atoms with Crippen molar-refractivity contribution in [3.8, 4) is 11.3 Å². The van der Waals surface area contributed by atoms with Gasteiger partial charge in [0, 0.05) is 18.7 Å². The van der Waals surface area contributed by atoms with Crippen LogP contribution in [0.25, 0.3) is 16.8 Å². The SMILES string of the molecule is CCc1ccc(-c2cc3c(=O)n(CC(=O)N4CCOCC4)nc(C)n3n2)cc1. The summed E-state index contributed by atoms with van der Waals surface area (Å²) in [5, 5.41) is 8.83. The zero-order valence-corrected chi connectivity index (χ0v) is 16.1. The van der Waals surface area contributed by atoms with Crippen molar-refractivity contribution in [2.45, 2.75) is 26.8 Å². The predicted molar refractivity (Wildman–Crippen MR) is 104 cm³/mol. The molecular formula is C20H23N5O3. The normalized spacial score (nSPS) is 14.6. The number of carbonyl (C=O) groups excluding carboxylic acids is 1. The number of fused-ring (bicyclic) bond motifs is 1. The number of nitrogens with zero attached hydrogens (tertiary/aromatic N) is 5. The molecule has 0 spiro atoms. The molecule has 4 rings (SSSR count). The van der Waals surface area contributed by atoms with Crippen LogP contribution in [0.15, 0.2) is 35.1 Å². The summed E-state index contributed by atoms with van der Waals surface area (Å²) in [6.45, 7) is 5.93. The van der Waals surface area contributed by atoms with Crippen LogP contribution in [0, 0.1) is 6.92 Å². The Balaban J connectivity index is 1.67. The fourth-order valence-corrected chi connectivity index (χ4v) is 3.38. The molecule has 8 nitrogen and oxygen atoms in total. The predicted octanol–water partition coefficient (Wildman–Crippen LogP) is 1.29. The Bertz CT molecular complexity index is 1060. The van der Waals surface area contributed by atoms with E-state index in [1.54, 1.807) is 22.4 Å². The van der Waals surface area contributed by atoms with Crippen LogP contribution >= 0.6 is 0 Å². The molecule has 3 heterocycles. The first kappa shape index (κ1) is 18.4. The first-order valence-corrected chi connectivity index (χ1v) is 9.49. The Labute approximate surface area is 162 Å². The lowest BCUT2D eigenvalue weighted by atomic mass is 10.1. The summed E-state index contributed by atoms with van der Waals surface area (Å²) in [4.78, 5) is 27.1. The number of morpholine rings is 1. The summed E-state index contributed by atoms with van der Waals surface area (Å²) in [5.41, 5.74) is 2.99. The molecule has 8 heteroatoms. The minimum atomic E-state index is -0.323. The van der Waals surface area contributed by atoms with E-state index in [0.29, 0.717) is 43.3 Å². The molecule has 0 unspecified atom stereocenters. The molecule has 1 fully saturated rings. The molecule has 1 saturated heterocycles. The molecule has 1 aliphatic heterocycles. The van der Waals surface area contributed by atoms with Crippen LogP contribution < -0.4 is 5.56 Å². The van der Waals surface area contributed by atoms with Crippen molar-refractivity contribution < 1.29 is 9.53 Å².